The number of ketones is 1. The van der Waals surface area contributed by atoms with Gasteiger partial charge in [0.05, 0.1) is 6.54 Å². The first-order chi connectivity index (χ1) is 7.99. The van der Waals surface area contributed by atoms with Crippen LogP contribution in [0.2, 0.25) is 0 Å². The van der Waals surface area contributed by atoms with E-state index in [1.807, 2.05) is 0 Å². The third-order valence-electron chi connectivity index (χ3n) is 2.34. The molecule has 0 fully saturated rings. The highest BCUT2D eigenvalue weighted by molar-refractivity contribution is 9.10. The highest BCUT2D eigenvalue weighted by atomic mass is 79.9. The van der Waals surface area contributed by atoms with Crippen molar-refractivity contribution in [1.82, 2.24) is 4.90 Å². The number of benzene rings is 1. The lowest BCUT2D eigenvalue weighted by Gasteiger charge is -2.15. The van der Waals surface area contributed by atoms with Gasteiger partial charge in [-0.1, -0.05) is 28.1 Å². The number of Topliss-reactive ketones (excluding diaryl/α,β-unsaturated/α-hetero) is 1. The lowest BCUT2D eigenvalue weighted by atomic mass is 10.1. The van der Waals surface area contributed by atoms with Gasteiger partial charge in [0.25, 0.3) is 6.43 Å². The predicted molar refractivity (Wildman–Crippen MR) is 66.6 cm³/mol. The Balaban J connectivity index is 2.42. The van der Waals surface area contributed by atoms with Crippen molar-refractivity contribution >= 4 is 21.7 Å². The van der Waals surface area contributed by atoms with E-state index in [0.29, 0.717) is 12.1 Å². The second-order valence-corrected chi connectivity index (χ2v) is 4.75. The average molecular weight is 306 g/mol. The number of rotatable bonds is 6. The molecule has 1 aromatic carbocycles. The SMILES string of the molecule is CN(CCC(=O)c1ccc(Br)cc1)CC(F)F. The van der Waals surface area contributed by atoms with E-state index < -0.39 is 6.43 Å². The van der Waals surface area contributed by atoms with Gasteiger partial charge in [-0.15, -0.1) is 0 Å². The Morgan fingerprint density at radius 1 is 1.35 bits per heavy atom. The van der Waals surface area contributed by atoms with Crippen molar-refractivity contribution in [3.63, 3.8) is 0 Å². The average Bonchev–Trinajstić information content (AvgIpc) is 2.26. The highest BCUT2D eigenvalue weighted by Gasteiger charge is 2.10. The predicted octanol–water partition coefficient (Wildman–Crippen LogP) is 3.22. The van der Waals surface area contributed by atoms with Gasteiger partial charge < -0.3 is 4.90 Å². The molecule has 17 heavy (non-hydrogen) atoms. The molecule has 94 valence electrons. The highest BCUT2D eigenvalue weighted by Crippen LogP contribution is 2.12. The van der Waals surface area contributed by atoms with Gasteiger partial charge in [0, 0.05) is 23.0 Å². The van der Waals surface area contributed by atoms with E-state index >= 15 is 0 Å². The summed E-state index contributed by atoms with van der Waals surface area (Å²) < 4.78 is 25.0. The number of alkyl halides is 2. The minimum absolute atomic E-state index is 0.0291. The van der Waals surface area contributed by atoms with Crippen LogP contribution in [0.5, 0.6) is 0 Å². The van der Waals surface area contributed by atoms with Crippen molar-refractivity contribution in [3.05, 3.63) is 34.3 Å². The van der Waals surface area contributed by atoms with Crippen LogP contribution in [0.15, 0.2) is 28.7 Å². The molecule has 0 heterocycles. The van der Waals surface area contributed by atoms with Crippen LogP contribution in [0.25, 0.3) is 0 Å². The molecule has 1 aromatic rings. The number of carbonyl (C=O) groups excluding carboxylic acids is 1. The molecule has 0 bridgehead atoms. The van der Waals surface area contributed by atoms with E-state index in [0.717, 1.165) is 4.47 Å². The fraction of sp³-hybridized carbons (Fsp3) is 0.417. The number of nitrogens with zero attached hydrogens (tertiary/aromatic N) is 1. The molecule has 0 radical (unpaired) electrons. The van der Waals surface area contributed by atoms with Crippen molar-refractivity contribution in [2.45, 2.75) is 12.8 Å². The van der Waals surface area contributed by atoms with Crippen LogP contribution in [0, 0.1) is 0 Å². The maximum atomic E-state index is 12.0. The molecule has 0 aliphatic rings. The summed E-state index contributed by atoms with van der Waals surface area (Å²) in [5.41, 5.74) is 0.610. The first-order valence-electron chi connectivity index (χ1n) is 5.24. The van der Waals surface area contributed by atoms with Crippen molar-refractivity contribution in [2.24, 2.45) is 0 Å². The topological polar surface area (TPSA) is 20.3 Å². The summed E-state index contributed by atoms with van der Waals surface area (Å²) in [6, 6.07) is 7.02. The second kappa shape index (κ2) is 6.81. The molecular formula is C12H14BrF2NO. The van der Waals surface area contributed by atoms with Crippen LogP contribution in [-0.4, -0.2) is 37.2 Å². The first kappa shape index (κ1) is 14.3. The molecular weight excluding hydrogens is 292 g/mol. The fourth-order valence-electron chi connectivity index (χ4n) is 1.40. The minimum Gasteiger partial charge on any atom is -0.300 e. The van der Waals surface area contributed by atoms with Crippen LogP contribution < -0.4 is 0 Å². The Kier molecular flexibility index (Phi) is 5.71. The molecule has 5 heteroatoms. The van der Waals surface area contributed by atoms with Crippen LogP contribution in [-0.2, 0) is 0 Å². The van der Waals surface area contributed by atoms with Gasteiger partial charge in [-0.3, -0.25) is 4.79 Å². The van der Waals surface area contributed by atoms with E-state index in [1.165, 1.54) is 4.90 Å². The Labute approximate surface area is 108 Å². The normalized spacial score (nSPS) is 11.2. The molecule has 0 unspecified atom stereocenters. The van der Waals surface area contributed by atoms with Crippen molar-refractivity contribution in [1.29, 1.82) is 0 Å². The monoisotopic (exact) mass is 305 g/mol. The van der Waals surface area contributed by atoms with Gasteiger partial charge in [-0.25, -0.2) is 8.78 Å². The fourth-order valence-corrected chi connectivity index (χ4v) is 1.66. The van der Waals surface area contributed by atoms with Gasteiger partial charge >= 0.3 is 0 Å². The lowest BCUT2D eigenvalue weighted by molar-refractivity contribution is 0.0881. The lowest BCUT2D eigenvalue weighted by Crippen LogP contribution is -2.27. The zero-order valence-corrected chi connectivity index (χ0v) is 11.1. The van der Waals surface area contributed by atoms with Gasteiger partial charge in [0.15, 0.2) is 5.78 Å². The number of hydrogen-bond donors (Lipinski definition) is 0. The molecule has 0 amide bonds. The quantitative estimate of drug-likeness (QED) is 0.752. The molecule has 0 aliphatic heterocycles. The van der Waals surface area contributed by atoms with E-state index in [1.54, 1.807) is 31.3 Å². The van der Waals surface area contributed by atoms with Crippen LogP contribution in [0.1, 0.15) is 16.8 Å². The van der Waals surface area contributed by atoms with Gasteiger partial charge in [0.2, 0.25) is 0 Å². The molecule has 1 rings (SSSR count). The van der Waals surface area contributed by atoms with Crippen LogP contribution >= 0.6 is 15.9 Å². The Morgan fingerprint density at radius 2 is 1.94 bits per heavy atom. The summed E-state index contributed by atoms with van der Waals surface area (Å²) in [7, 11) is 1.58. The molecule has 0 aliphatic carbocycles. The molecule has 0 aromatic heterocycles. The largest absolute Gasteiger partial charge is 0.300 e. The Hall–Kier alpha value is -0.810. The van der Waals surface area contributed by atoms with Gasteiger partial charge in [-0.05, 0) is 19.2 Å². The molecule has 0 saturated carbocycles. The Morgan fingerprint density at radius 3 is 2.47 bits per heavy atom. The third kappa shape index (κ3) is 5.37. The first-order valence-corrected chi connectivity index (χ1v) is 6.04. The number of hydrogen-bond acceptors (Lipinski definition) is 2. The third-order valence-corrected chi connectivity index (χ3v) is 2.87. The van der Waals surface area contributed by atoms with Crippen LogP contribution in [0.4, 0.5) is 8.78 Å². The van der Waals surface area contributed by atoms with E-state index in [4.69, 9.17) is 0 Å². The molecule has 2 nitrogen and oxygen atoms in total. The zero-order valence-electron chi connectivity index (χ0n) is 9.50. The van der Waals surface area contributed by atoms with E-state index in [2.05, 4.69) is 15.9 Å². The maximum Gasteiger partial charge on any atom is 0.251 e. The second-order valence-electron chi connectivity index (χ2n) is 3.83. The molecule has 0 atom stereocenters. The van der Waals surface area contributed by atoms with Crippen LogP contribution in [0.3, 0.4) is 0 Å². The minimum atomic E-state index is -2.36. The standard InChI is InChI=1S/C12H14BrF2NO/c1-16(8-12(14)15)7-6-11(17)9-2-4-10(13)5-3-9/h2-5,12H,6-8H2,1H3. The van der Waals surface area contributed by atoms with Gasteiger partial charge in [-0.2, -0.15) is 0 Å². The van der Waals surface area contributed by atoms with Crippen molar-refractivity contribution < 1.29 is 13.6 Å². The van der Waals surface area contributed by atoms with E-state index in [9.17, 15) is 13.6 Å². The smallest absolute Gasteiger partial charge is 0.251 e. The maximum absolute atomic E-state index is 12.0. The summed E-state index contributed by atoms with van der Waals surface area (Å²) in [5, 5.41) is 0. The van der Waals surface area contributed by atoms with E-state index in [-0.39, 0.29) is 18.7 Å². The molecule has 0 spiro atoms. The molecule has 0 saturated heterocycles. The summed E-state index contributed by atoms with van der Waals surface area (Å²) in [6.07, 6.45) is -2.10. The van der Waals surface area contributed by atoms with Crippen molar-refractivity contribution in [3.8, 4) is 0 Å². The zero-order chi connectivity index (χ0) is 12.8. The molecule has 0 N–H and O–H groups in total. The summed E-state index contributed by atoms with van der Waals surface area (Å²) >= 11 is 3.28. The summed E-state index contributed by atoms with van der Waals surface area (Å²) in [5.74, 6) is -0.0291. The van der Waals surface area contributed by atoms with Gasteiger partial charge in [0.1, 0.15) is 0 Å². The number of halogens is 3. The van der Waals surface area contributed by atoms with Crippen molar-refractivity contribution in [2.75, 3.05) is 20.1 Å². The Bertz CT molecular complexity index is 367. The summed E-state index contributed by atoms with van der Waals surface area (Å²) in [4.78, 5) is 13.2. The summed E-state index contributed by atoms with van der Waals surface area (Å²) in [6.45, 7) is 0.0485. The number of carbonyl (C=O) groups is 1.